The van der Waals surface area contributed by atoms with Crippen molar-refractivity contribution in [1.29, 1.82) is 0 Å². The maximum Gasteiger partial charge on any atom is 0.118 e. The van der Waals surface area contributed by atoms with Crippen molar-refractivity contribution in [3.8, 4) is 5.75 Å². The molecule has 1 aliphatic carbocycles. The summed E-state index contributed by atoms with van der Waals surface area (Å²) in [5, 5.41) is 9.50. The van der Waals surface area contributed by atoms with E-state index in [9.17, 15) is 5.11 Å². The minimum Gasteiger partial charge on any atom is -0.497 e. The molecule has 0 spiro atoms. The molecule has 146 valence electrons. The standard InChI is InChI=1S/C23H31NO2S/c1-26-22-14-12-20(13-15-22)23(27-17-21(24)16-25,18-8-4-2-5-9-18)19-10-6-3-7-11-19/h2,4-5,8-9,12-15,19,21,25H,3,6-7,10-11,16-17,24H2,1H3/t21-,23?/m1/s1. The quantitative estimate of drug-likeness (QED) is 0.699. The second kappa shape index (κ2) is 9.63. The third-order valence-electron chi connectivity index (χ3n) is 5.66. The topological polar surface area (TPSA) is 55.5 Å². The van der Waals surface area contributed by atoms with Crippen molar-refractivity contribution >= 4 is 11.8 Å². The highest BCUT2D eigenvalue weighted by Crippen LogP contribution is 2.53. The van der Waals surface area contributed by atoms with Gasteiger partial charge in [-0.1, -0.05) is 61.7 Å². The zero-order chi connectivity index (χ0) is 19.1. The molecule has 2 aromatic carbocycles. The van der Waals surface area contributed by atoms with Gasteiger partial charge in [-0.15, -0.1) is 11.8 Å². The average molecular weight is 386 g/mol. The van der Waals surface area contributed by atoms with Gasteiger partial charge in [0.25, 0.3) is 0 Å². The Balaban J connectivity index is 2.10. The van der Waals surface area contributed by atoms with Gasteiger partial charge < -0.3 is 15.6 Å². The Morgan fingerprint density at radius 2 is 1.67 bits per heavy atom. The molecule has 0 radical (unpaired) electrons. The SMILES string of the molecule is COc1ccc(C(SC[C@H](N)CO)(c2ccccc2)C2CCCCC2)cc1. The van der Waals surface area contributed by atoms with Crippen molar-refractivity contribution in [1.82, 2.24) is 0 Å². The molecule has 3 rings (SSSR count). The normalized spacial score (nSPS) is 18.6. The van der Waals surface area contributed by atoms with Crippen molar-refractivity contribution < 1.29 is 9.84 Å². The summed E-state index contributed by atoms with van der Waals surface area (Å²) in [6.45, 7) is 0.0190. The van der Waals surface area contributed by atoms with E-state index in [1.807, 2.05) is 11.8 Å². The summed E-state index contributed by atoms with van der Waals surface area (Å²) in [6, 6.07) is 19.1. The van der Waals surface area contributed by atoms with Crippen LogP contribution in [-0.4, -0.2) is 30.6 Å². The highest BCUT2D eigenvalue weighted by atomic mass is 32.2. The van der Waals surface area contributed by atoms with Crippen LogP contribution < -0.4 is 10.5 Å². The molecule has 0 amide bonds. The maximum absolute atomic E-state index is 9.50. The van der Waals surface area contributed by atoms with Gasteiger partial charge in [0.1, 0.15) is 5.75 Å². The lowest BCUT2D eigenvalue weighted by atomic mass is 9.72. The highest BCUT2D eigenvalue weighted by molar-refractivity contribution is 8.00. The zero-order valence-electron chi connectivity index (χ0n) is 16.1. The summed E-state index contributed by atoms with van der Waals surface area (Å²) in [7, 11) is 1.70. The minimum atomic E-state index is -0.208. The number of hydrogen-bond acceptors (Lipinski definition) is 4. The van der Waals surface area contributed by atoms with Crippen LogP contribution in [0.2, 0.25) is 0 Å². The number of methoxy groups -OCH3 is 1. The number of nitrogens with two attached hydrogens (primary N) is 1. The fraction of sp³-hybridized carbons (Fsp3) is 0.478. The van der Waals surface area contributed by atoms with Crippen LogP contribution in [0.3, 0.4) is 0 Å². The van der Waals surface area contributed by atoms with Gasteiger partial charge >= 0.3 is 0 Å². The Bertz CT molecular complexity index is 685. The summed E-state index contributed by atoms with van der Waals surface area (Å²) >= 11 is 1.90. The van der Waals surface area contributed by atoms with Crippen LogP contribution in [0.4, 0.5) is 0 Å². The fourth-order valence-electron chi connectivity index (χ4n) is 4.25. The molecular weight excluding hydrogens is 354 g/mol. The maximum atomic E-state index is 9.50. The lowest BCUT2D eigenvalue weighted by Crippen LogP contribution is -2.38. The van der Waals surface area contributed by atoms with E-state index in [1.54, 1.807) is 7.11 Å². The molecule has 0 heterocycles. The van der Waals surface area contributed by atoms with Gasteiger partial charge in [-0.2, -0.15) is 0 Å². The molecular formula is C23H31NO2S. The largest absolute Gasteiger partial charge is 0.497 e. The zero-order valence-corrected chi connectivity index (χ0v) is 17.0. The Hall–Kier alpha value is -1.49. The Kier molecular flexibility index (Phi) is 7.22. The third kappa shape index (κ3) is 4.50. The number of benzene rings is 2. The fourth-order valence-corrected chi connectivity index (χ4v) is 5.91. The summed E-state index contributed by atoms with van der Waals surface area (Å²) in [4.78, 5) is 0. The second-order valence-electron chi connectivity index (χ2n) is 7.42. The molecule has 0 aliphatic heterocycles. The molecule has 27 heavy (non-hydrogen) atoms. The van der Waals surface area contributed by atoms with Crippen molar-refractivity contribution in [3.63, 3.8) is 0 Å². The van der Waals surface area contributed by atoms with Crippen molar-refractivity contribution in [3.05, 3.63) is 65.7 Å². The van der Waals surface area contributed by atoms with Gasteiger partial charge in [-0.05, 0) is 42.0 Å². The summed E-state index contributed by atoms with van der Waals surface area (Å²) < 4.78 is 5.24. The van der Waals surface area contributed by atoms with Crippen LogP contribution in [0.1, 0.15) is 43.2 Å². The predicted octanol–water partition coefficient (Wildman–Crippen LogP) is 4.57. The van der Waals surface area contributed by atoms with Gasteiger partial charge in [-0.3, -0.25) is 0 Å². The van der Waals surface area contributed by atoms with E-state index in [0.29, 0.717) is 5.92 Å². The average Bonchev–Trinajstić information content (AvgIpc) is 2.76. The summed E-state index contributed by atoms with van der Waals surface area (Å²) in [5.74, 6) is 2.16. The Morgan fingerprint density at radius 1 is 1.04 bits per heavy atom. The third-order valence-corrected chi connectivity index (χ3v) is 7.52. The van der Waals surface area contributed by atoms with Crippen LogP contribution in [0, 0.1) is 5.92 Å². The van der Waals surface area contributed by atoms with Crippen LogP contribution in [0.25, 0.3) is 0 Å². The molecule has 1 aliphatic rings. The lowest BCUT2D eigenvalue weighted by Gasteiger charge is -2.44. The molecule has 4 heteroatoms. The second-order valence-corrected chi connectivity index (χ2v) is 8.68. The van der Waals surface area contributed by atoms with E-state index in [1.165, 1.54) is 43.2 Å². The number of ether oxygens (including phenoxy) is 1. The van der Waals surface area contributed by atoms with E-state index >= 15 is 0 Å². The summed E-state index contributed by atoms with van der Waals surface area (Å²) in [6.07, 6.45) is 6.33. The number of hydrogen-bond donors (Lipinski definition) is 2. The van der Waals surface area contributed by atoms with E-state index in [2.05, 4.69) is 54.6 Å². The van der Waals surface area contributed by atoms with E-state index in [-0.39, 0.29) is 17.4 Å². The molecule has 3 N–H and O–H groups in total. The molecule has 1 fully saturated rings. The molecule has 1 saturated carbocycles. The minimum absolute atomic E-state index is 0.0190. The van der Waals surface area contributed by atoms with Gasteiger partial charge in [0.2, 0.25) is 0 Å². The van der Waals surface area contributed by atoms with Crippen LogP contribution in [0.15, 0.2) is 54.6 Å². The first-order chi connectivity index (χ1) is 13.2. The molecule has 0 bridgehead atoms. The van der Waals surface area contributed by atoms with Crippen LogP contribution >= 0.6 is 11.8 Å². The molecule has 1 unspecified atom stereocenters. The molecule has 3 nitrogen and oxygen atoms in total. The number of aliphatic hydroxyl groups excluding tert-OH is 1. The number of aliphatic hydroxyl groups is 1. The highest BCUT2D eigenvalue weighted by Gasteiger charge is 2.43. The van der Waals surface area contributed by atoms with Gasteiger partial charge in [-0.25, -0.2) is 0 Å². The molecule has 2 atom stereocenters. The van der Waals surface area contributed by atoms with Crippen molar-refractivity contribution in [2.75, 3.05) is 19.5 Å². The monoisotopic (exact) mass is 385 g/mol. The lowest BCUT2D eigenvalue weighted by molar-refractivity contribution is 0.274. The molecule has 2 aromatic rings. The predicted molar refractivity (Wildman–Crippen MR) is 114 cm³/mol. The first kappa shape index (κ1) is 20.2. The van der Waals surface area contributed by atoms with Crippen molar-refractivity contribution in [2.45, 2.75) is 42.9 Å². The summed E-state index contributed by atoms with van der Waals surface area (Å²) in [5.41, 5.74) is 8.75. The van der Waals surface area contributed by atoms with Gasteiger partial charge in [0, 0.05) is 11.8 Å². The van der Waals surface area contributed by atoms with Gasteiger partial charge in [0.05, 0.1) is 18.5 Å². The van der Waals surface area contributed by atoms with Crippen molar-refractivity contribution in [2.24, 2.45) is 11.7 Å². The van der Waals surface area contributed by atoms with E-state index < -0.39 is 0 Å². The molecule has 0 aromatic heterocycles. The first-order valence-corrected chi connectivity index (χ1v) is 10.9. The first-order valence-electron chi connectivity index (χ1n) is 9.91. The Morgan fingerprint density at radius 3 is 2.26 bits per heavy atom. The van der Waals surface area contributed by atoms with Gasteiger partial charge in [0.15, 0.2) is 0 Å². The van der Waals surface area contributed by atoms with Crippen LogP contribution in [0.5, 0.6) is 5.75 Å². The van der Waals surface area contributed by atoms with E-state index in [4.69, 9.17) is 10.5 Å². The molecule has 0 saturated heterocycles. The van der Waals surface area contributed by atoms with E-state index in [0.717, 1.165) is 11.5 Å². The van der Waals surface area contributed by atoms with Crippen LogP contribution in [-0.2, 0) is 4.75 Å². The number of rotatable bonds is 8. The Labute approximate surface area is 167 Å². The smallest absolute Gasteiger partial charge is 0.118 e. The number of thioether (sulfide) groups is 1.